The molecule has 1 aromatic rings. The van der Waals surface area contributed by atoms with E-state index in [0.29, 0.717) is 0 Å². The molecule has 2 rings (SSSR count). The second-order valence-electron chi connectivity index (χ2n) is 4.92. The van der Waals surface area contributed by atoms with Crippen LogP contribution in [-0.4, -0.2) is 66.5 Å². The van der Waals surface area contributed by atoms with Crippen LogP contribution < -0.4 is 0 Å². The largest absolute Gasteiger partial charge is 0.395 e. The van der Waals surface area contributed by atoms with Gasteiger partial charge in [-0.25, -0.2) is 0 Å². The Morgan fingerprint density at radius 2 is 1.63 bits per heavy atom. The summed E-state index contributed by atoms with van der Waals surface area (Å²) < 4.78 is 0. The number of aliphatic hydroxyl groups is 1. The third-order valence-electron chi connectivity index (χ3n) is 3.52. The minimum Gasteiger partial charge on any atom is -0.395 e. The summed E-state index contributed by atoms with van der Waals surface area (Å²) in [5.41, 5.74) is 0. The molecule has 1 fully saturated rings. The number of nitrogens with zero attached hydrogens (tertiary/aromatic N) is 2. The summed E-state index contributed by atoms with van der Waals surface area (Å²) in [6.07, 6.45) is 1.22. The Kier molecular flexibility index (Phi) is 6.71. The molecule has 0 unspecified atom stereocenters. The summed E-state index contributed by atoms with van der Waals surface area (Å²) in [6.45, 7) is 6.81. The molecule has 0 atom stereocenters. The monoisotopic (exact) mass is 280 g/mol. The van der Waals surface area contributed by atoms with Crippen LogP contribution in [0.5, 0.6) is 0 Å². The quantitative estimate of drug-likeness (QED) is 0.804. The van der Waals surface area contributed by atoms with E-state index < -0.39 is 0 Å². The number of hydrogen-bond donors (Lipinski definition) is 1. The summed E-state index contributed by atoms with van der Waals surface area (Å²) in [6, 6.07) is 10.6. The molecule has 0 aliphatic carbocycles. The highest BCUT2D eigenvalue weighted by Gasteiger charge is 2.13. The molecule has 0 radical (unpaired) electrons. The van der Waals surface area contributed by atoms with Crippen LogP contribution in [0.25, 0.3) is 0 Å². The Labute approximate surface area is 120 Å². The highest BCUT2D eigenvalue weighted by atomic mass is 32.2. The molecule has 0 amide bonds. The third-order valence-corrected chi connectivity index (χ3v) is 4.51. The molecular weight excluding hydrogens is 256 g/mol. The maximum Gasteiger partial charge on any atom is 0.0558 e. The molecule has 1 aromatic carbocycles. The number of aliphatic hydroxyl groups excluding tert-OH is 1. The van der Waals surface area contributed by atoms with Gasteiger partial charge in [-0.15, -0.1) is 11.8 Å². The van der Waals surface area contributed by atoms with E-state index in [1.165, 1.54) is 17.9 Å². The van der Waals surface area contributed by atoms with Gasteiger partial charge in [-0.05, 0) is 31.6 Å². The summed E-state index contributed by atoms with van der Waals surface area (Å²) in [4.78, 5) is 6.27. The molecule has 1 aliphatic heterocycles. The predicted molar refractivity (Wildman–Crippen MR) is 81.7 cm³/mol. The molecule has 0 spiro atoms. The first-order valence-corrected chi connectivity index (χ1v) is 8.10. The number of rotatable bonds is 6. The number of benzene rings is 1. The lowest BCUT2D eigenvalue weighted by Crippen LogP contribution is -2.33. The van der Waals surface area contributed by atoms with Gasteiger partial charge in [-0.1, -0.05) is 18.2 Å². The van der Waals surface area contributed by atoms with Crippen molar-refractivity contribution in [3.63, 3.8) is 0 Å². The minimum absolute atomic E-state index is 0.282. The molecule has 0 bridgehead atoms. The van der Waals surface area contributed by atoms with E-state index in [0.717, 1.165) is 38.5 Å². The van der Waals surface area contributed by atoms with Gasteiger partial charge >= 0.3 is 0 Å². The molecule has 0 saturated carbocycles. The molecule has 1 aliphatic rings. The lowest BCUT2D eigenvalue weighted by molar-refractivity contribution is 0.198. The van der Waals surface area contributed by atoms with Crippen molar-refractivity contribution in [2.45, 2.75) is 11.3 Å². The van der Waals surface area contributed by atoms with Crippen molar-refractivity contribution in [1.82, 2.24) is 9.80 Å². The van der Waals surface area contributed by atoms with Gasteiger partial charge in [0.25, 0.3) is 0 Å². The predicted octanol–water partition coefficient (Wildman–Crippen LogP) is 1.78. The fraction of sp³-hybridized carbons (Fsp3) is 0.600. The van der Waals surface area contributed by atoms with Gasteiger partial charge in [0.2, 0.25) is 0 Å². The van der Waals surface area contributed by atoms with E-state index >= 15 is 0 Å². The number of thioether (sulfide) groups is 1. The molecule has 1 N–H and O–H groups in total. The van der Waals surface area contributed by atoms with E-state index in [1.807, 2.05) is 11.8 Å². The Bertz CT molecular complexity index is 347. The smallest absolute Gasteiger partial charge is 0.0558 e. The Morgan fingerprint density at radius 1 is 0.947 bits per heavy atom. The van der Waals surface area contributed by atoms with Crippen LogP contribution in [0, 0.1) is 0 Å². The summed E-state index contributed by atoms with van der Waals surface area (Å²) in [5, 5.41) is 8.99. The lowest BCUT2D eigenvalue weighted by Gasteiger charge is -2.20. The molecule has 106 valence electrons. The van der Waals surface area contributed by atoms with E-state index in [9.17, 15) is 0 Å². The Hall–Kier alpha value is -0.550. The van der Waals surface area contributed by atoms with Crippen LogP contribution in [0.3, 0.4) is 0 Å². The first-order valence-electron chi connectivity index (χ1n) is 7.12. The molecule has 1 heterocycles. The molecular formula is C15H24N2OS. The molecule has 19 heavy (non-hydrogen) atoms. The molecule has 1 saturated heterocycles. The van der Waals surface area contributed by atoms with Crippen molar-refractivity contribution in [3.05, 3.63) is 30.3 Å². The van der Waals surface area contributed by atoms with Crippen molar-refractivity contribution >= 4 is 11.8 Å². The van der Waals surface area contributed by atoms with Gasteiger partial charge in [0.1, 0.15) is 0 Å². The van der Waals surface area contributed by atoms with Crippen LogP contribution in [0.1, 0.15) is 6.42 Å². The zero-order valence-corrected chi connectivity index (χ0v) is 12.3. The zero-order chi connectivity index (χ0) is 13.3. The normalized spacial score (nSPS) is 18.4. The van der Waals surface area contributed by atoms with Crippen LogP contribution in [-0.2, 0) is 0 Å². The molecule has 0 aromatic heterocycles. The highest BCUT2D eigenvalue weighted by molar-refractivity contribution is 7.99. The van der Waals surface area contributed by atoms with Gasteiger partial charge in [0.05, 0.1) is 6.61 Å². The molecule has 3 nitrogen and oxygen atoms in total. The van der Waals surface area contributed by atoms with E-state index in [4.69, 9.17) is 5.11 Å². The topological polar surface area (TPSA) is 26.7 Å². The van der Waals surface area contributed by atoms with Crippen LogP contribution in [0.2, 0.25) is 0 Å². The second kappa shape index (κ2) is 8.59. The fourth-order valence-electron chi connectivity index (χ4n) is 2.42. The van der Waals surface area contributed by atoms with Crippen molar-refractivity contribution < 1.29 is 5.11 Å². The van der Waals surface area contributed by atoms with Gasteiger partial charge in [-0.3, -0.25) is 4.90 Å². The van der Waals surface area contributed by atoms with Crippen molar-refractivity contribution in [1.29, 1.82) is 0 Å². The lowest BCUT2D eigenvalue weighted by atomic mass is 10.4. The Morgan fingerprint density at radius 3 is 2.32 bits per heavy atom. The fourth-order valence-corrected chi connectivity index (χ4v) is 3.36. The van der Waals surface area contributed by atoms with Crippen LogP contribution in [0.15, 0.2) is 35.2 Å². The first-order chi connectivity index (χ1) is 9.38. The Balaban J connectivity index is 1.66. The van der Waals surface area contributed by atoms with E-state index in [-0.39, 0.29) is 6.61 Å². The maximum absolute atomic E-state index is 8.99. The minimum atomic E-state index is 0.282. The SMILES string of the molecule is OCCN1CCCN(CCSc2ccccc2)CC1. The first kappa shape index (κ1) is 14.9. The van der Waals surface area contributed by atoms with Crippen LogP contribution in [0.4, 0.5) is 0 Å². The maximum atomic E-state index is 8.99. The average Bonchev–Trinajstić information content (AvgIpc) is 2.66. The van der Waals surface area contributed by atoms with Crippen LogP contribution >= 0.6 is 11.8 Å². The summed E-state index contributed by atoms with van der Waals surface area (Å²) >= 11 is 1.94. The van der Waals surface area contributed by atoms with Crippen molar-refractivity contribution in [3.8, 4) is 0 Å². The third kappa shape index (κ3) is 5.53. The van der Waals surface area contributed by atoms with E-state index in [1.54, 1.807) is 0 Å². The highest BCUT2D eigenvalue weighted by Crippen LogP contribution is 2.17. The van der Waals surface area contributed by atoms with Gasteiger partial charge in [0, 0.05) is 36.8 Å². The average molecular weight is 280 g/mol. The standard InChI is InChI=1S/C15H24N2OS/c18-13-11-16-7-4-8-17(10-9-16)12-14-19-15-5-2-1-3-6-15/h1-3,5-6,18H,4,7-14H2. The zero-order valence-electron chi connectivity index (χ0n) is 11.5. The van der Waals surface area contributed by atoms with Crippen molar-refractivity contribution in [2.75, 3.05) is 51.6 Å². The number of β-amino-alcohol motifs (C(OH)–C–C–N with tert-alkyl or cyclic N) is 1. The number of hydrogen-bond acceptors (Lipinski definition) is 4. The van der Waals surface area contributed by atoms with Gasteiger partial charge in [0.15, 0.2) is 0 Å². The van der Waals surface area contributed by atoms with Gasteiger partial charge in [-0.2, -0.15) is 0 Å². The summed E-state index contributed by atoms with van der Waals surface area (Å²) in [7, 11) is 0. The van der Waals surface area contributed by atoms with E-state index in [2.05, 4.69) is 40.1 Å². The molecule has 4 heteroatoms. The summed E-state index contributed by atoms with van der Waals surface area (Å²) in [5.74, 6) is 1.16. The van der Waals surface area contributed by atoms with Gasteiger partial charge < -0.3 is 10.0 Å². The second-order valence-corrected chi connectivity index (χ2v) is 6.09. The van der Waals surface area contributed by atoms with Crippen molar-refractivity contribution in [2.24, 2.45) is 0 Å².